The zero-order chi connectivity index (χ0) is 29.3. The number of likely N-dealkylation sites (N-methyl/N-ethyl adjacent to an activating group) is 1. The first-order valence-corrected chi connectivity index (χ1v) is 15.1. The van der Waals surface area contributed by atoms with E-state index in [9.17, 15) is 24.3 Å². The molecule has 0 unspecified atom stereocenters. The highest BCUT2D eigenvalue weighted by Crippen LogP contribution is 2.62. The molecule has 2 aliphatic heterocycles. The van der Waals surface area contributed by atoms with E-state index in [0.717, 1.165) is 32.1 Å². The number of ether oxygens (including phenoxy) is 1. The second-order valence-corrected chi connectivity index (χ2v) is 13.5. The fourth-order valence-electron chi connectivity index (χ4n) is 8.61. The molecule has 5 aliphatic rings. The van der Waals surface area contributed by atoms with E-state index in [4.69, 9.17) is 15.9 Å². The lowest BCUT2D eigenvalue weighted by atomic mass is 9.51. The lowest BCUT2D eigenvalue weighted by Crippen LogP contribution is -2.64. The van der Waals surface area contributed by atoms with Gasteiger partial charge in [0.15, 0.2) is 0 Å². The molecule has 12 nitrogen and oxygen atoms in total. The monoisotopic (exact) mass is 570 g/mol. The molecule has 5 fully saturated rings. The molecule has 6 rings (SSSR count). The van der Waals surface area contributed by atoms with Crippen molar-refractivity contribution in [1.82, 2.24) is 18.9 Å². The lowest BCUT2D eigenvalue weighted by molar-refractivity contribution is -0.150. The minimum atomic E-state index is -0.824. The van der Waals surface area contributed by atoms with Crippen molar-refractivity contribution < 1.29 is 19.4 Å². The number of amidine groups is 1. The lowest BCUT2D eigenvalue weighted by Gasteiger charge is -2.58. The van der Waals surface area contributed by atoms with Gasteiger partial charge in [-0.15, -0.1) is 0 Å². The molecule has 224 valence electrons. The number of aromatic hydroxyl groups is 1. The quantitative estimate of drug-likeness (QED) is 0.268. The van der Waals surface area contributed by atoms with Crippen molar-refractivity contribution in [3.63, 3.8) is 0 Å². The summed E-state index contributed by atoms with van der Waals surface area (Å²) in [5, 5.41) is 18.8. The Morgan fingerprint density at radius 2 is 1.71 bits per heavy atom. The average molecular weight is 571 g/mol. The van der Waals surface area contributed by atoms with Gasteiger partial charge in [-0.05, 0) is 76.0 Å². The molecular weight excluding hydrogens is 528 g/mol. The zero-order valence-corrected chi connectivity index (χ0v) is 24.1. The molecule has 0 aromatic carbocycles. The van der Waals surface area contributed by atoms with E-state index >= 15 is 0 Å². The van der Waals surface area contributed by atoms with Gasteiger partial charge in [0.25, 0.3) is 11.5 Å². The molecule has 2 spiro atoms. The molecule has 3 heterocycles. The van der Waals surface area contributed by atoms with Crippen LogP contribution in [0.5, 0.6) is 5.88 Å². The number of carbonyl (C=O) groups is 2. The maximum absolute atomic E-state index is 13.6. The van der Waals surface area contributed by atoms with E-state index in [2.05, 4.69) is 0 Å². The molecule has 2 saturated heterocycles. The summed E-state index contributed by atoms with van der Waals surface area (Å²) in [5.41, 5.74) is 3.17. The highest BCUT2D eigenvalue weighted by molar-refractivity contribution is 6.07. The first-order valence-electron chi connectivity index (χ1n) is 15.1. The fourth-order valence-corrected chi connectivity index (χ4v) is 8.61. The number of nitrogens with zero attached hydrogens (tertiary/aromatic N) is 4. The molecule has 1 aromatic heterocycles. The minimum Gasteiger partial charge on any atom is -0.494 e. The van der Waals surface area contributed by atoms with Gasteiger partial charge in [-0.2, -0.15) is 0 Å². The zero-order valence-electron chi connectivity index (χ0n) is 24.1. The van der Waals surface area contributed by atoms with Crippen molar-refractivity contribution in [3.8, 4) is 5.88 Å². The molecule has 0 bridgehead atoms. The van der Waals surface area contributed by atoms with Crippen LogP contribution in [-0.4, -0.2) is 73.7 Å². The Balaban J connectivity index is 1.22. The Bertz CT molecular complexity index is 1380. The number of nitrogens with one attached hydrogen (secondary N) is 1. The molecule has 41 heavy (non-hydrogen) atoms. The van der Waals surface area contributed by atoms with Gasteiger partial charge in [-0.3, -0.25) is 29.0 Å². The molecule has 0 radical (unpaired) electrons. The molecule has 3 saturated carbocycles. The second-order valence-electron chi connectivity index (χ2n) is 13.5. The number of amides is 3. The van der Waals surface area contributed by atoms with Gasteiger partial charge >= 0.3 is 11.7 Å². The number of carbonyl (C=O) groups excluding carboxylic acids is 2. The fraction of sp³-hybridized carbons (Fsp3) is 0.759. The van der Waals surface area contributed by atoms with E-state index in [1.807, 2.05) is 6.92 Å². The summed E-state index contributed by atoms with van der Waals surface area (Å²) in [7, 11) is 1.56. The Morgan fingerprint density at radius 1 is 1.05 bits per heavy atom. The molecule has 1 aromatic rings. The number of aromatic nitrogens is 2. The average Bonchev–Trinajstić information content (AvgIpc) is 3.62. The molecule has 3 amide bonds. The standard InChI is InChI=1S/C29H42N6O6/c1-17-11-19(14-41-17)13-34-26(39)32(2)25(38)29(34)15-28(16-29)9-7-20(8-10-28)35-24(37)21(22(30)31)23(36)33(27(35)40)12-18-5-3-4-6-18/h17-20,36H,3-16H2,1-2H3,(H3,30,31)/t17-,19+,20?,28?,29?/m1/s1. The summed E-state index contributed by atoms with van der Waals surface area (Å²) >= 11 is 0. The summed E-state index contributed by atoms with van der Waals surface area (Å²) in [5.74, 6) is -0.764. The number of urea groups is 1. The van der Waals surface area contributed by atoms with Crippen molar-refractivity contribution in [2.45, 2.75) is 102 Å². The van der Waals surface area contributed by atoms with Crippen molar-refractivity contribution in [2.24, 2.45) is 23.0 Å². The highest BCUT2D eigenvalue weighted by atomic mass is 16.5. The predicted octanol–water partition coefficient (Wildman–Crippen LogP) is 2.14. The van der Waals surface area contributed by atoms with E-state index < -0.39 is 28.5 Å². The highest BCUT2D eigenvalue weighted by Gasteiger charge is 2.68. The minimum absolute atomic E-state index is 0.137. The maximum atomic E-state index is 13.6. The SMILES string of the molecule is C[C@@H]1C[C@@H](CN2C(=O)N(C)C(=O)C23CC2(CCC(n4c(=O)c(C(=N)N)c(O)n(CC5CCCC5)c4=O)CC2)C3)CO1. The van der Waals surface area contributed by atoms with Crippen LogP contribution in [0.3, 0.4) is 0 Å². The number of hydrogen-bond donors (Lipinski definition) is 3. The van der Waals surface area contributed by atoms with Gasteiger partial charge in [0, 0.05) is 32.1 Å². The third kappa shape index (κ3) is 4.40. The van der Waals surface area contributed by atoms with Crippen LogP contribution >= 0.6 is 0 Å². The van der Waals surface area contributed by atoms with Crippen LogP contribution in [0.15, 0.2) is 9.59 Å². The number of rotatable bonds is 6. The summed E-state index contributed by atoms with van der Waals surface area (Å²) in [6.07, 6.45) is 8.78. The molecule has 12 heteroatoms. The number of nitrogens with two attached hydrogens (primary N) is 1. The largest absolute Gasteiger partial charge is 0.494 e. The van der Waals surface area contributed by atoms with E-state index in [-0.39, 0.29) is 46.9 Å². The Morgan fingerprint density at radius 3 is 2.29 bits per heavy atom. The Kier molecular flexibility index (Phi) is 6.82. The van der Waals surface area contributed by atoms with Crippen LogP contribution in [0.25, 0.3) is 0 Å². The summed E-state index contributed by atoms with van der Waals surface area (Å²) < 4.78 is 8.16. The van der Waals surface area contributed by atoms with Crippen LogP contribution in [0, 0.1) is 22.7 Å². The summed E-state index contributed by atoms with van der Waals surface area (Å²) in [4.78, 5) is 56.5. The number of hydrogen-bond acceptors (Lipinski definition) is 7. The van der Waals surface area contributed by atoms with Crippen LogP contribution in [0.2, 0.25) is 0 Å². The molecule has 2 atom stereocenters. The van der Waals surface area contributed by atoms with Crippen LogP contribution in [0.4, 0.5) is 4.79 Å². The molecular formula is C29H42N6O6. The summed E-state index contributed by atoms with van der Waals surface area (Å²) in [6, 6.07) is -0.629. The number of nitrogen functional groups attached to an aromatic ring is 1. The maximum Gasteiger partial charge on any atom is 0.334 e. The van der Waals surface area contributed by atoms with Gasteiger partial charge in [-0.1, -0.05) is 12.8 Å². The first kappa shape index (κ1) is 28.0. The Hall–Kier alpha value is -3.15. The van der Waals surface area contributed by atoms with Gasteiger partial charge in [0.1, 0.15) is 16.9 Å². The van der Waals surface area contributed by atoms with E-state index in [0.29, 0.717) is 58.2 Å². The first-order chi connectivity index (χ1) is 19.5. The van der Waals surface area contributed by atoms with E-state index in [1.54, 1.807) is 11.9 Å². The van der Waals surface area contributed by atoms with Gasteiger partial charge in [-0.25, -0.2) is 9.59 Å². The molecule has 3 aliphatic carbocycles. The third-order valence-corrected chi connectivity index (χ3v) is 10.7. The second kappa shape index (κ2) is 9.99. The van der Waals surface area contributed by atoms with Crippen molar-refractivity contribution in [1.29, 1.82) is 5.41 Å². The van der Waals surface area contributed by atoms with Crippen LogP contribution in [-0.2, 0) is 16.1 Å². The Labute approximate surface area is 238 Å². The summed E-state index contributed by atoms with van der Waals surface area (Å²) in [6.45, 7) is 3.43. The normalized spacial score (nSPS) is 33.9. The van der Waals surface area contributed by atoms with Gasteiger partial charge in [0.05, 0.1) is 12.7 Å². The van der Waals surface area contributed by atoms with Crippen molar-refractivity contribution in [2.75, 3.05) is 20.2 Å². The van der Waals surface area contributed by atoms with Crippen molar-refractivity contribution in [3.05, 3.63) is 26.4 Å². The van der Waals surface area contributed by atoms with E-state index in [1.165, 1.54) is 14.0 Å². The smallest absolute Gasteiger partial charge is 0.334 e. The van der Waals surface area contributed by atoms with Crippen LogP contribution < -0.4 is 17.0 Å². The third-order valence-electron chi connectivity index (χ3n) is 10.7. The van der Waals surface area contributed by atoms with Crippen LogP contribution in [0.1, 0.15) is 89.2 Å². The number of imide groups is 1. The van der Waals surface area contributed by atoms with Gasteiger partial charge < -0.3 is 20.5 Å². The topological polar surface area (TPSA) is 164 Å². The predicted molar refractivity (Wildman–Crippen MR) is 150 cm³/mol. The van der Waals surface area contributed by atoms with Gasteiger partial charge in [0.2, 0.25) is 5.88 Å². The molecule has 4 N–H and O–H groups in total. The van der Waals surface area contributed by atoms with Crippen molar-refractivity contribution >= 4 is 17.8 Å².